The molecule has 0 aliphatic carbocycles. The molecule has 314 valence electrons. The minimum Gasteiger partial charge on any atom is -0.870 e. The molecule has 0 radical (unpaired) electrons. The summed E-state index contributed by atoms with van der Waals surface area (Å²) in [5, 5.41) is 9.44. The van der Waals surface area contributed by atoms with Crippen molar-refractivity contribution in [2.24, 2.45) is 11.5 Å². The van der Waals surface area contributed by atoms with Crippen LogP contribution in [0.15, 0.2) is 0 Å². The van der Waals surface area contributed by atoms with Crippen LogP contribution in [0.3, 0.4) is 0 Å². The summed E-state index contributed by atoms with van der Waals surface area (Å²) in [7, 11) is 2.87. The summed E-state index contributed by atoms with van der Waals surface area (Å²) in [4.78, 5) is 76.2. The van der Waals surface area contributed by atoms with Gasteiger partial charge in [-0.25, -0.2) is 28.8 Å². The second kappa shape index (κ2) is 24.4. The zero-order valence-electron chi connectivity index (χ0n) is 30.4. The van der Waals surface area contributed by atoms with Gasteiger partial charge in [-0.2, -0.15) is 0 Å². The molecule has 0 aromatic rings. The van der Waals surface area contributed by atoms with E-state index in [0.29, 0.717) is 0 Å². The molecule has 0 bridgehead atoms. The normalized spacial score (nSPS) is 32.3. The van der Waals surface area contributed by atoms with Gasteiger partial charge >= 0.3 is 87.9 Å². The Hall–Kier alpha value is -3.39. The Kier molecular flexibility index (Phi) is 22.1. The van der Waals surface area contributed by atoms with Gasteiger partial charge in [0.05, 0.1) is 46.3 Å². The van der Waals surface area contributed by atoms with Crippen LogP contribution in [0.25, 0.3) is 0 Å². The molecule has 6 rings (SSSR count). The summed E-state index contributed by atoms with van der Waals surface area (Å²) in [6.45, 7) is 2.43. The first-order chi connectivity index (χ1) is 25.5. The quantitative estimate of drug-likeness (QED) is 0.0751. The number of primary amides is 2. The van der Waals surface area contributed by atoms with Gasteiger partial charge in [-0.3, -0.25) is 0 Å². The molecule has 0 spiro atoms. The Balaban J connectivity index is 0.000000631. The Morgan fingerprint density at radius 3 is 0.929 bits per heavy atom. The maximum Gasteiger partial charge on any atom is 1.00 e. The Bertz CT molecular complexity index is 1230. The molecule has 6 amide bonds. The van der Waals surface area contributed by atoms with Gasteiger partial charge in [0.25, 0.3) is 0 Å². The SMILES string of the molecule is C=O.CNC(=O)O[C@H]1CO[C@H]2[C@@H]1OC[C@H]2OC(=O)NCNC(=O)O[C@H]1CO[C@H]2[C@@H]1OC[C@H]2OC(=O)NC.NC(=O)O[C@H]1CO[C@H]2[C@@H]1OC[C@H]2OC(N)=O.O.[K+].[OH-]. The molecule has 6 saturated heterocycles. The van der Waals surface area contributed by atoms with Crippen LogP contribution in [0, 0.1) is 0 Å². The molecule has 0 aromatic heterocycles. The number of fused-ring (bicyclic) bond motifs is 3. The van der Waals surface area contributed by atoms with E-state index in [1.165, 1.54) is 14.1 Å². The van der Waals surface area contributed by atoms with Crippen molar-refractivity contribution in [3.05, 3.63) is 0 Å². The molecule has 0 aromatic carbocycles. The number of ether oxygens (including phenoxy) is 12. The van der Waals surface area contributed by atoms with Crippen molar-refractivity contribution < 1.29 is 153 Å². The summed E-state index contributed by atoms with van der Waals surface area (Å²) >= 11 is 0. The molecule has 6 fully saturated rings. The van der Waals surface area contributed by atoms with Gasteiger partial charge in [0.1, 0.15) is 43.4 Å². The van der Waals surface area contributed by atoms with E-state index in [-0.39, 0.29) is 109 Å². The molecule has 6 aliphatic heterocycles. The molecule has 12 atom stereocenters. The maximum absolute atomic E-state index is 12.1. The van der Waals surface area contributed by atoms with Crippen LogP contribution in [0.1, 0.15) is 0 Å². The first-order valence-corrected chi connectivity index (χ1v) is 16.0. The third-order valence-corrected chi connectivity index (χ3v) is 8.33. The van der Waals surface area contributed by atoms with Crippen molar-refractivity contribution >= 4 is 43.3 Å². The third kappa shape index (κ3) is 13.3. The minimum atomic E-state index is -0.892. The molecular weight excluding hydrogens is 795 g/mol. The summed E-state index contributed by atoms with van der Waals surface area (Å²) in [6, 6.07) is 0. The second-order valence-corrected chi connectivity index (χ2v) is 11.5. The van der Waals surface area contributed by atoms with Crippen LogP contribution in [0.2, 0.25) is 0 Å². The predicted molar refractivity (Wildman–Crippen MR) is 170 cm³/mol. The Morgan fingerprint density at radius 2 is 0.714 bits per heavy atom. The fraction of sp³-hybridized carbons (Fsp3) is 0.750. The number of hydrogen-bond acceptors (Lipinski definition) is 20. The van der Waals surface area contributed by atoms with Gasteiger partial charge in [0.15, 0.2) is 36.6 Å². The molecule has 56 heavy (non-hydrogen) atoms. The second-order valence-electron chi connectivity index (χ2n) is 11.5. The Morgan fingerprint density at radius 1 is 0.500 bits per heavy atom. The van der Waals surface area contributed by atoms with Gasteiger partial charge in [-0.1, -0.05) is 0 Å². The number of rotatable bonds is 8. The standard InChI is InChI=1S/C19H28N4O12.C8H12N2O6.CH2O.K.2H2O/c1-20-16(24)32-8-3-28-14-10(5-30-12(8)14)34-18(26)22-7-23-19(27)35-11-6-31-13-9(4-29-15(11)13)33-17(25)21-2;9-7(11)15-3-1-13-6-4(16-8(10)12)2-14-5(3)6;1-2;;;/h8-15H,3-7H2,1-2H3,(H,20,24)(H,21,25)(H,22,26)(H,23,27);3-6H,1-2H2,(H2,9,11)(H2,10,12);1H2;;2*1H2/q;;;+1;;/p-1/t8-,9+,10+,11-,12-,13-,14-,15-;3-,4+,5-,6-;;;;/m11..../s1. The van der Waals surface area contributed by atoms with Crippen LogP contribution in [0.4, 0.5) is 28.8 Å². The summed E-state index contributed by atoms with van der Waals surface area (Å²) in [6.07, 6.45) is -11.6. The fourth-order valence-corrected chi connectivity index (χ4v) is 6.13. The number of nitrogens with two attached hydrogens (primary N) is 2. The first-order valence-electron chi connectivity index (χ1n) is 16.0. The molecule has 0 saturated carbocycles. The van der Waals surface area contributed by atoms with Crippen LogP contribution in [-0.2, 0) is 61.6 Å². The molecule has 0 unspecified atom stereocenters. The van der Waals surface area contributed by atoms with Crippen molar-refractivity contribution in [2.75, 3.05) is 60.4 Å². The van der Waals surface area contributed by atoms with E-state index in [1.54, 1.807) is 0 Å². The van der Waals surface area contributed by atoms with Gasteiger partial charge in [-0.15, -0.1) is 0 Å². The molecule has 28 heteroatoms. The number of amides is 6. The van der Waals surface area contributed by atoms with Gasteiger partial charge in [0, 0.05) is 14.1 Å². The molecule has 6 heterocycles. The number of nitrogens with one attached hydrogen (secondary N) is 4. The zero-order valence-corrected chi connectivity index (χ0v) is 33.6. The fourth-order valence-electron chi connectivity index (χ4n) is 6.13. The van der Waals surface area contributed by atoms with E-state index in [0.717, 1.165) is 0 Å². The smallest absolute Gasteiger partial charge is 0.870 e. The third-order valence-electron chi connectivity index (χ3n) is 8.33. The van der Waals surface area contributed by atoms with Crippen molar-refractivity contribution in [2.45, 2.75) is 73.2 Å². The molecule has 27 nitrogen and oxygen atoms in total. The van der Waals surface area contributed by atoms with E-state index in [1.807, 2.05) is 6.79 Å². The van der Waals surface area contributed by atoms with Gasteiger partial charge in [0.2, 0.25) is 0 Å². The van der Waals surface area contributed by atoms with Crippen molar-refractivity contribution in [1.82, 2.24) is 21.3 Å². The average Bonchev–Trinajstić information content (AvgIpc) is 3.98. The van der Waals surface area contributed by atoms with Crippen molar-refractivity contribution in [3.8, 4) is 0 Å². The van der Waals surface area contributed by atoms with Crippen LogP contribution >= 0.6 is 0 Å². The molecule has 6 aliphatic rings. The molecular formula is C28H45KN6O21. The van der Waals surface area contributed by atoms with E-state index >= 15 is 0 Å². The first kappa shape index (κ1) is 50.6. The van der Waals surface area contributed by atoms with Gasteiger partial charge < -0.3 is 105 Å². The van der Waals surface area contributed by atoms with Crippen LogP contribution in [0.5, 0.6) is 0 Å². The number of alkyl carbamates (subject to hydrolysis) is 4. The average molecular weight is 841 g/mol. The van der Waals surface area contributed by atoms with E-state index in [2.05, 4.69) is 21.3 Å². The predicted octanol–water partition coefficient (Wildman–Crippen LogP) is -7.29. The van der Waals surface area contributed by atoms with Crippen molar-refractivity contribution in [1.29, 1.82) is 0 Å². The van der Waals surface area contributed by atoms with Crippen LogP contribution < -0.4 is 84.1 Å². The zero-order chi connectivity index (χ0) is 38.7. The van der Waals surface area contributed by atoms with Crippen LogP contribution in [-0.4, -0.2) is 188 Å². The van der Waals surface area contributed by atoms with E-state index in [9.17, 15) is 28.8 Å². The van der Waals surface area contributed by atoms with Crippen molar-refractivity contribution in [3.63, 3.8) is 0 Å². The Labute approximate surface area is 360 Å². The summed E-state index contributed by atoms with van der Waals surface area (Å²) in [5.74, 6) is 0. The monoisotopic (exact) mass is 840 g/mol. The topological polar surface area (TPSA) is 392 Å². The largest absolute Gasteiger partial charge is 1.00 e. The van der Waals surface area contributed by atoms with E-state index in [4.69, 9.17) is 73.1 Å². The minimum absolute atomic E-state index is 0. The number of carbonyl (C=O) groups is 7. The number of carbonyl (C=O) groups excluding carboxylic acids is 7. The summed E-state index contributed by atoms with van der Waals surface area (Å²) < 4.78 is 63.4. The maximum atomic E-state index is 12.1. The van der Waals surface area contributed by atoms with E-state index < -0.39 is 110 Å². The summed E-state index contributed by atoms with van der Waals surface area (Å²) in [5.41, 5.74) is 9.79. The number of hydrogen-bond donors (Lipinski definition) is 6. The van der Waals surface area contributed by atoms with Gasteiger partial charge in [-0.05, 0) is 0 Å². The molecule has 11 N–H and O–H groups in total.